The molecule has 13 rings (SSSR count). The van der Waals surface area contributed by atoms with Gasteiger partial charge in [-0.3, -0.25) is 0 Å². The number of anilines is 3. The van der Waals surface area contributed by atoms with Gasteiger partial charge in [-0.15, -0.1) is 0 Å². The van der Waals surface area contributed by atoms with E-state index in [1.807, 2.05) is 0 Å². The minimum Gasteiger partial charge on any atom is -0.375 e. The first-order valence-corrected chi connectivity index (χ1v) is 21.6. The Morgan fingerprint density at radius 3 is 1.84 bits per heavy atom. The summed E-state index contributed by atoms with van der Waals surface area (Å²) in [5, 5.41) is 10.9. The van der Waals surface area contributed by atoms with Crippen LogP contribution in [0.1, 0.15) is 0 Å². The van der Waals surface area contributed by atoms with E-state index >= 15 is 0 Å². The van der Waals surface area contributed by atoms with Gasteiger partial charge in [0.1, 0.15) is 0 Å². The summed E-state index contributed by atoms with van der Waals surface area (Å²) >= 11 is 0. The highest BCUT2D eigenvalue weighted by Crippen LogP contribution is 2.48. The smallest absolute Gasteiger partial charge is 0.333 e. The molecule has 0 saturated heterocycles. The maximum Gasteiger partial charge on any atom is 0.333 e. The Hall–Kier alpha value is -6.88. The van der Waals surface area contributed by atoms with Crippen LogP contribution >= 0.6 is 0 Å². The second-order valence-electron chi connectivity index (χ2n) is 15.6. The highest BCUT2D eigenvalue weighted by molar-refractivity contribution is 7.21. The molecule has 0 aliphatic carbocycles. The topological polar surface area (TPSA) is 8.17 Å². The predicted molar refractivity (Wildman–Crippen MR) is 240 cm³/mol. The molecule has 56 heavy (non-hydrogen) atoms. The molecule has 0 fully saturated rings. The Morgan fingerprint density at radius 2 is 1.07 bits per heavy atom. The summed E-state index contributed by atoms with van der Waals surface area (Å²) in [6, 6.07) is 76.0. The van der Waals surface area contributed by atoms with Gasteiger partial charge >= 0.3 is 6.85 Å². The van der Waals surface area contributed by atoms with Crippen LogP contribution in [0.15, 0.2) is 200 Å². The first-order valence-electron chi connectivity index (χ1n) is 19.6. The molecule has 3 aliphatic rings. The van der Waals surface area contributed by atoms with E-state index in [0.717, 1.165) is 0 Å². The fourth-order valence-corrected chi connectivity index (χ4v) is 16.0. The van der Waals surface area contributed by atoms with Gasteiger partial charge in [-0.2, -0.15) is 0 Å². The van der Waals surface area contributed by atoms with E-state index in [-0.39, 0.29) is 6.85 Å². The fraction of sp³-hybridized carbons (Fsp3) is 0. The molecule has 0 radical (unpaired) electrons. The average Bonchev–Trinajstić information content (AvgIpc) is 3.59. The van der Waals surface area contributed by atoms with Crippen molar-refractivity contribution >= 4 is 96.2 Å². The molecule has 0 bridgehead atoms. The standard InChI is InChI=1S/C52H33BN2Si/c1-4-16-34(17-5-1)37-31-43-41-25-14-24-40-42-30-35-18-10-11-19-36(35)32-46(42)55(51(40)41)53-44-26-15-29-49-52(44)54(47(33-37)50(43)53)45-27-12-13-28-48(45)56(49,38-20-6-2-7-21-38)39-22-8-3-9-23-39/h1-33H. The lowest BCUT2D eigenvalue weighted by Crippen LogP contribution is -2.78. The number of benzene rings is 9. The summed E-state index contributed by atoms with van der Waals surface area (Å²) in [5.41, 5.74) is 14.3. The first-order chi connectivity index (χ1) is 27.8. The minimum absolute atomic E-state index is 0.0180. The molecular weight excluding hydrogens is 691 g/mol. The van der Waals surface area contributed by atoms with Gasteiger partial charge in [0, 0.05) is 44.4 Å². The highest BCUT2D eigenvalue weighted by Gasteiger charge is 2.53. The molecule has 3 aliphatic heterocycles. The largest absolute Gasteiger partial charge is 0.375 e. The van der Waals surface area contributed by atoms with E-state index in [9.17, 15) is 0 Å². The maximum absolute atomic E-state index is 2.83. The Morgan fingerprint density at radius 1 is 0.429 bits per heavy atom. The van der Waals surface area contributed by atoms with E-state index in [0.29, 0.717) is 0 Å². The third-order valence-electron chi connectivity index (χ3n) is 13.0. The van der Waals surface area contributed by atoms with Crippen LogP contribution in [0.3, 0.4) is 0 Å². The van der Waals surface area contributed by atoms with Crippen molar-refractivity contribution in [2.24, 2.45) is 0 Å². The van der Waals surface area contributed by atoms with Crippen molar-refractivity contribution in [3.05, 3.63) is 200 Å². The van der Waals surface area contributed by atoms with Gasteiger partial charge in [0.05, 0.1) is 0 Å². The van der Waals surface area contributed by atoms with Crippen molar-refractivity contribution in [3.63, 3.8) is 0 Å². The van der Waals surface area contributed by atoms with Crippen LogP contribution in [0.25, 0.3) is 54.8 Å². The number of hydrogen-bond donors (Lipinski definition) is 0. The van der Waals surface area contributed by atoms with Gasteiger partial charge in [0.25, 0.3) is 0 Å². The molecule has 2 nitrogen and oxygen atoms in total. The fourth-order valence-electron chi connectivity index (χ4n) is 10.8. The summed E-state index contributed by atoms with van der Waals surface area (Å²) in [6.07, 6.45) is 0. The van der Waals surface area contributed by atoms with E-state index in [2.05, 4.69) is 210 Å². The maximum atomic E-state index is 2.71. The second-order valence-corrected chi connectivity index (χ2v) is 19.3. The van der Waals surface area contributed by atoms with Gasteiger partial charge in [-0.05, 0) is 89.5 Å². The number of hydrogen-bond acceptors (Lipinski definition) is 1. The average molecular weight is 725 g/mol. The van der Waals surface area contributed by atoms with Gasteiger partial charge < -0.3 is 9.38 Å². The first kappa shape index (κ1) is 30.4. The summed E-state index contributed by atoms with van der Waals surface area (Å²) in [6.45, 7) is -0.0180. The van der Waals surface area contributed by atoms with Crippen LogP contribution in [-0.2, 0) is 0 Å². The highest BCUT2D eigenvalue weighted by atomic mass is 28.3. The number of fused-ring (bicyclic) bond motifs is 10. The lowest BCUT2D eigenvalue weighted by atomic mass is 9.45. The quantitative estimate of drug-likeness (QED) is 0.166. The van der Waals surface area contributed by atoms with Crippen molar-refractivity contribution in [2.75, 3.05) is 4.90 Å². The van der Waals surface area contributed by atoms with Crippen LogP contribution in [0.2, 0.25) is 0 Å². The molecule has 9 aromatic carbocycles. The van der Waals surface area contributed by atoms with Crippen molar-refractivity contribution in [1.82, 2.24) is 4.48 Å². The third-order valence-corrected chi connectivity index (χ3v) is 17.8. The predicted octanol–water partition coefficient (Wildman–Crippen LogP) is 8.72. The van der Waals surface area contributed by atoms with Crippen LogP contribution in [0, 0.1) is 0 Å². The SMILES string of the molecule is c1ccc(-c2cc3c4c(c2)N2c5ccccc5[Si](c5ccccc5)(c5ccccc5)c5cccc(c52)B4n2c4cc5ccccc5cc4c4cccc-3c42)cc1. The lowest BCUT2D eigenvalue weighted by molar-refractivity contribution is 1.26. The zero-order valence-corrected chi connectivity index (χ0v) is 31.5. The molecule has 0 saturated carbocycles. The second kappa shape index (κ2) is 11.1. The number of para-hydroxylation sites is 3. The molecule has 4 heteroatoms. The molecule has 4 heterocycles. The molecule has 0 N–H and O–H groups in total. The number of aromatic nitrogens is 1. The summed E-state index contributed by atoms with van der Waals surface area (Å²) < 4.78 is 2.71. The normalized spacial score (nSPS) is 14.1. The Bertz CT molecular complexity index is 3220. The lowest BCUT2D eigenvalue weighted by Gasteiger charge is -2.49. The summed E-state index contributed by atoms with van der Waals surface area (Å²) in [5.74, 6) is 0. The molecule has 0 spiro atoms. The molecule has 0 unspecified atom stereocenters. The van der Waals surface area contributed by atoms with Crippen molar-refractivity contribution in [2.45, 2.75) is 0 Å². The van der Waals surface area contributed by atoms with Gasteiger partial charge in [0.15, 0.2) is 8.07 Å². The Kier molecular flexibility index (Phi) is 6.03. The Balaban J connectivity index is 1.24. The Labute approximate surface area is 326 Å². The molecule has 1 aromatic heterocycles. The van der Waals surface area contributed by atoms with Crippen LogP contribution in [0.5, 0.6) is 0 Å². The zero-order valence-electron chi connectivity index (χ0n) is 30.5. The molecule has 0 atom stereocenters. The van der Waals surface area contributed by atoms with E-state index < -0.39 is 8.07 Å². The summed E-state index contributed by atoms with van der Waals surface area (Å²) in [4.78, 5) is 2.66. The molecule has 10 aromatic rings. The van der Waals surface area contributed by atoms with E-state index in [1.165, 1.54) is 104 Å². The van der Waals surface area contributed by atoms with Crippen molar-refractivity contribution < 1.29 is 0 Å². The van der Waals surface area contributed by atoms with Crippen LogP contribution in [-0.4, -0.2) is 19.4 Å². The molecular formula is C52H33BN2Si. The van der Waals surface area contributed by atoms with Crippen LogP contribution in [0.4, 0.5) is 17.1 Å². The minimum atomic E-state index is -2.83. The summed E-state index contributed by atoms with van der Waals surface area (Å²) in [7, 11) is -2.83. The van der Waals surface area contributed by atoms with Gasteiger partial charge in [0.2, 0.25) is 0 Å². The third kappa shape index (κ3) is 3.77. The van der Waals surface area contributed by atoms with Crippen LogP contribution < -0.4 is 36.6 Å². The van der Waals surface area contributed by atoms with Crippen molar-refractivity contribution in [1.29, 1.82) is 0 Å². The van der Waals surface area contributed by atoms with Gasteiger partial charge in [-0.1, -0.05) is 170 Å². The number of rotatable bonds is 3. The molecule has 258 valence electrons. The van der Waals surface area contributed by atoms with E-state index in [1.54, 1.807) is 0 Å². The zero-order chi connectivity index (χ0) is 36.5. The van der Waals surface area contributed by atoms with Gasteiger partial charge in [-0.25, -0.2) is 0 Å². The van der Waals surface area contributed by atoms with Crippen molar-refractivity contribution in [3.8, 4) is 22.3 Å². The van der Waals surface area contributed by atoms with E-state index in [4.69, 9.17) is 0 Å². The monoisotopic (exact) mass is 724 g/mol. The number of nitrogens with zero attached hydrogens (tertiary/aromatic N) is 2. The molecule has 0 amide bonds.